The molecule has 4 nitrogen and oxygen atoms in total. The molecule has 0 aliphatic heterocycles. The van der Waals surface area contributed by atoms with Gasteiger partial charge in [0.15, 0.2) is 0 Å². The molecule has 0 rings (SSSR count). The highest BCUT2D eigenvalue weighted by Gasteiger charge is 2.13. The van der Waals surface area contributed by atoms with E-state index >= 15 is 0 Å². The molecule has 2 unspecified atom stereocenters. The van der Waals surface area contributed by atoms with Gasteiger partial charge in [-0.25, -0.2) is 0 Å². The number of rotatable bonds is 10. The molecule has 3 N–H and O–H groups in total. The minimum atomic E-state index is -0.279. The van der Waals surface area contributed by atoms with Crippen LogP contribution in [0.15, 0.2) is 0 Å². The van der Waals surface area contributed by atoms with E-state index in [1.54, 1.807) is 0 Å². The summed E-state index contributed by atoms with van der Waals surface area (Å²) in [4.78, 5) is 2.15. The zero-order valence-electron chi connectivity index (χ0n) is 10.9. The number of nitrogens with zero attached hydrogens (tertiary/aromatic N) is 1. The van der Waals surface area contributed by atoms with Crippen molar-refractivity contribution in [1.29, 1.82) is 0 Å². The minimum Gasteiger partial charge on any atom is -0.392 e. The highest BCUT2D eigenvalue weighted by atomic mass is 16.3. The summed E-state index contributed by atoms with van der Waals surface area (Å²) in [7, 11) is 1.94. The smallest absolute Gasteiger partial charge is 0.0664 e. The molecular weight excluding hydrogens is 204 g/mol. The van der Waals surface area contributed by atoms with Crippen molar-refractivity contribution < 1.29 is 10.2 Å². The van der Waals surface area contributed by atoms with Crippen molar-refractivity contribution in [2.45, 2.75) is 45.3 Å². The first-order chi connectivity index (χ1) is 7.63. The average molecular weight is 232 g/mol. The molecule has 4 heteroatoms. The molecular formula is C12H28N2O2. The van der Waals surface area contributed by atoms with Crippen molar-refractivity contribution in [2.24, 2.45) is 0 Å². The van der Waals surface area contributed by atoms with E-state index in [1.165, 1.54) is 0 Å². The molecule has 0 radical (unpaired) electrons. The number of hydrogen-bond donors (Lipinski definition) is 3. The van der Waals surface area contributed by atoms with Gasteiger partial charge in [-0.05, 0) is 39.4 Å². The second kappa shape index (κ2) is 10.0. The van der Waals surface area contributed by atoms with E-state index in [-0.39, 0.29) is 12.2 Å². The molecule has 0 aromatic carbocycles. The molecule has 0 heterocycles. The van der Waals surface area contributed by atoms with E-state index < -0.39 is 0 Å². The Bertz CT molecular complexity index is 144. The Balaban J connectivity index is 3.94. The lowest BCUT2D eigenvalue weighted by molar-refractivity contribution is 0.0659. The summed E-state index contributed by atoms with van der Waals surface area (Å²) in [5, 5.41) is 22.4. The van der Waals surface area contributed by atoms with Gasteiger partial charge in [-0.1, -0.05) is 13.8 Å². The maximum atomic E-state index is 9.63. The van der Waals surface area contributed by atoms with Crippen LogP contribution in [0.3, 0.4) is 0 Å². The topological polar surface area (TPSA) is 55.7 Å². The van der Waals surface area contributed by atoms with Crippen LogP contribution in [0.4, 0.5) is 0 Å². The predicted octanol–water partition coefficient (Wildman–Crippen LogP) is 0.440. The fraction of sp³-hybridized carbons (Fsp3) is 1.00. The molecule has 0 saturated heterocycles. The molecule has 16 heavy (non-hydrogen) atoms. The van der Waals surface area contributed by atoms with Crippen LogP contribution in [0, 0.1) is 0 Å². The lowest BCUT2D eigenvalue weighted by Gasteiger charge is -2.26. The summed E-state index contributed by atoms with van der Waals surface area (Å²) in [6.45, 7) is 7.18. The van der Waals surface area contributed by atoms with Gasteiger partial charge in [-0.15, -0.1) is 0 Å². The first-order valence-electron chi connectivity index (χ1n) is 6.37. The molecule has 0 fully saturated rings. The van der Waals surface area contributed by atoms with E-state index in [0.29, 0.717) is 13.1 Å². The van der Waals surface area contributed by atoms with Crippen LogP contribution < -0.4 is 5.32 Å². The summed E-state index contributed by atoms with van der Waals surface area (Å²) in [6.07, 6.45) is 2.02. The van der Waals surface area contributed by atoms with Crippen LogP contribution in [0.25, 0.3) is 0 Å². The molecule has 2 atom stereocenters. The normalized spacial score (nSPS) is 15.4. The standard InChI is InChI=1S/C12H28N2O2/c1-4-11(15)9-14(8-6-7-13-3)10-12(16)5-2/h11-13,15-16H,4-10H2,1-3H3. The maximum Gasteiger partial charge on any atom is 0.0664 e. The van der Waals surface area contributed by atoms with Crippen LogP contribution in [-0.2, 0) is 0 Å². The zero-order valence-corrected chi connectivity index (χ0v) is 10.9. The Kier molecular flexibility index (Phi) is 9.92. The SMILES string of the molecule is CCC(O)CN(CCCNC)CC(O)CC. The Labute approximate surface area is 99.7 Å². The number of hydrogen-bond acceptors (Lipinski definition) is 4. The second-order valence-corrected chi connectivity index (χ2v) is 4.34. The maximum absolute atomic E-state index is 9.63. The first-order valence-corrected chi connectivity index (χ1v) is 6.37. The number of aliphatic hydroxyl groups excluding tert-OH is 2. The van der Waals surface area contributed by atoms with E-state index in [0.717, 1.165) is 32.4 Å². The molecule has 0 aliphatic carbocycles. The molecule has 0 amide bonds. The predicted molar refractivity (Wildman–Crippen MR) is 67.6 cm³/mol. The Morgan fingerprint density at radius 2 is 1.56 bits per heavy atom. The largest absolute Gasteiger partial charge is 0.392 e. The summed E-state index contributed by atoms with van der Waals surface area (Å²) < 4.78 is 0. The van der Waals surface area contributed by atoms with Crippen molar-refractivity contribution in [3.8, 4) is 0 Å². The zero-order chi connectivity index (χ0) is 12.4. The average Bonchev–Trinajstić information content (AvgIpc) is 2.28. The second-order valence-electron chi connectivity index (χ2n) is 4.34. The van der Waals surface area contributed by atoms with Crippen LogP contribution >= 0.6 is 0 Å². The van der Waals surface area contributed by atoms with Gasteiger partial charge in [0.05, 0.1) is 12.2 Å². The third kappa shape index (κ3) is 8.05. The van der Waals surface area contributed by atoms with Crippen LogP contribution in [0.2, 0.25) is 0 Å². The van der Waals surface area contributed by atoms with Gasteiger partial charge in [-0.3, -0.25) is 4.90 Å². The van der Waals surface area contributed by atoms with Crippen LogP contribution in [-0.4, -0.2) is 60.5 Å². The van der Waals surface area contributed by atoms with E-state index in [9.17, 15) is 10.2 Å². The summed E-state index contributed by atoms with van der Waals surface area (Å²) in [5.74, 6) is 0. The first kappa shape index (κ1) is 15.8. The van der Waals surface area contributed by atoms with Crippen molar-refractivity contribution in [1.82, 2.24) is 10.2 Å². The lowest BCUT2D eigenvalue weighted by atomic mass is 10.2. The monoisotopic (exact) mass is 232 g/mol. The van der Waals surface area contributed by atoms with Gasteiger partial charge in [0.25, 0.3) is 0 Å². The third-order valence-corrected chi connectivity index (χ3v) is 2.78. The number of aliphatic hydroxyl groups is 2. The summed E-state index contributed by atoms with van der Waals surface area (Å²) in [5.41, 5.74) is 0. The van der Waals surface area contributed by atoms with Crippen molar-refractivity contribution in [3.05, 3.63) is 0 Å². The fourth-order valence-electron chi connectivity index (χ4n) is 1.59. The molecule has 0 aromatic heterocycles. The lowest BCUT2D eigenvalue weighted by Crippen LogP contribution is -2.39. The molecule has 98 valence electrons. The fourth-order valence-corrected chi connectivity index (χ4v) is 1.59. The highest BCUT2D eigenvalue weighted by molar-refractivity contribution is 4.68. The quantitative estimate of drug-likeness (QED) is 0.478. The Morgan fingerprint density at radius 1 is 1.06 bits per heavy atom. The summed E-state index contributed by atoms with van der Waals surface area (Å²) in [6, 6.07) is 0. The Hall–Kier alpha value is -0.160. The van der Waals surface area contributed by atoms with Crippen molar-refractivity contribution in [2.75, 3.05) is 33.2 Å². The molecule has 0 saturated carbocycles. The minimum absolute atomic E-state index is 0.279. The van der Waals surface area contributed by atoms with Gasteiger partial charge < -0.3 is 15.5 Å². The van der Waals surface area contributed by atoms with E-state index in [2.05, 4.69) is 10.2 Å². The van der Waals surface area contributed by atoms with Gasteiger partial charge in [0.1, 0.15) is 0 Å². The van der Waals surface area contributed by atoms with E-state index in [1.807, 2.05) is 20.9 Å². The van der Waals surface area contributed by atoms with Gasteiger partial charge in [0, 0.05) is 13.1 Å². The van der Waals surface area contributed by atoms with Gasteiger partial charge >= 0.3 is 0 Å². The van der Waals surface area contributed by atoms with Crippen molar-refractivity contribution >= 4 is 0 Å². The summed E-state index contributed by atoms with van der Waals surface area (Å²) >= 11 is 0. The number of nitrogens with one attached hydrogen (secondary N) is 1. The third-order valence-electron chi connectivity index (χ3n) is 2.78. The van der Waals surface area contributed by atoms with Crippen LogP contribution in [0.1, 0.15) is 33.1 Å². The molecule has 0 aromatic rings. The molecule has 0 aliphatic rings. The van der Waals surface area contributed by atoms with Gasteiger partial charge in [0.2, 0.25) is 0 Å². The molecule has 0 spiro atoms. The van der Waals surface area contributed by atoms with Gasteiger partial charge in [-0.2, -0.15) is 0 Å². The highest BCUT2D eigenvalue weighted by Crippen LogP contribution is 2.02. The van der Waals surface area contributed by atoms with E-state index in [4.69, 9.17) is 0 Å². The van der Waals surface area contributed by atoms with Crippen LogP contribution in [0.5, 0.6) is 0 Å². The Morgan fingerprint density at radius 3 is 1.94 bits per heavy atom. The van der Waals surface area contributed by atoms with Crippen molar-refractivity contribution in [3.63, 3.8) is 0 Å². The molecule has 0 bridgehead atoms.